The molecule has 0 radical (unpaired) electrons. The average molecular weight is 400 g/mol. The van der Waals surface area contributed by atoms with Gasteiger partial charge in [0.05, 0.1) is 13.2 Å². The van der Waals surface area contributed by atoms with Crippen LogP contribution in [0.15, 0.2) is 28.6 Å². The third kappa shape index (κ3) is 5.25. The van der Waals surface area contributed by atoms with Gasteiger partial charge in [0.1, 0.15) is 5.75 Å². The molecule has 0 spiro atoms. The van der Waals surface area contributed by atoms with Crippen molar-refractivity contribution in [3.05, 3.63) is 29.8 Å². The quantitative estimate of drug-likeness (QED) is 0.563. The van der Waals surface area contributed by atoms with E-state index in [2.05, 4.69) is 41.1 Å². The average Bonchev–Trinajstić information content (AvgIpc) is 3.28. The van der Waals surface area contributed by atoms with E-state index in [0.29, 0.717) is 11.5 Å². The number of benzene rings is 1. The number of hydrogen-bond donors (Lipinski definition) is 2. The van der Waals surface area contributed by atoms with Crippen LogP contribution in [0.3, 0.4) is 0 Å². The third-order valence-electron chi connectivity index (χ3n) is 4.82. The van der Waals surface area contributed by atoms with Crippen LogP contribution in [0, 0.1) is 5.41 Å². The molecular formula is C17H25N3O4S2. The minimum atomic E-state index is -2.33. The summed E-state index contributed by atoms with van der Waals surface area (Å²) < 4.78 is 30.7. The van der Waals surface area contributed by atoms with Gasteiger partial charge in [-0.25, -0.2) is 0 Å². The van der Waals surface area contributed by atoms with Crippen molar-refractivity contribution in [2.45, 2.75) is 38.6 Å². The fourth-order valence-corrected chi connectivity index (χ4v) is 3.85. The van der Waals surface area contributed by atoms with Crippen LogP contribution >= 0.6 is 12.2 Å². The maximum absolute atomic E-state index is 10.9. The molecule has 2 atom stereocenters. The van der Waals surface area contributed by atoms with Crippen molar-refractivity contribution in [3.8, 4) is 5.75 Å². The second-order valence-electron chi connectivity index (χ2n) is 5.80. The highest BCUT2D eigenvalue weighted by molar-refractivity contribution is 7.80. The normalized spacial score (nSPS) is 19.2. The molecule has 1 fully saturated rings. The lowest BCUT2D eigenvalue weighted by Crippen LogP contribution is -2.30. The first kappa shape index (κ1) is 22.0. The first-order chi connectivity index (χ1) is 12.4. The van der Waals surface area contributed by atoms with E-state index in [4.69, 9.17) is 4.74 Å². The minimum absolute atomic E-state index is 0.00530. The van der Waals surface area contributed by atoms with E-state index in [-0.39, 0.29) is 17.4 Å². The monoisotopic (exact) mass is 399 g/mol. The lowest BCUT2D eigenvalue weighted by Gasteiger charge is -2.11. The number of carbonyl (C=O) groups is 1. The van der Waals surface area contributed by atoms with Crippen molar-refractivity contribution < 1.29 is 17.9 Å². The van der Waals surface area contributed by atoms with Gasteiger partial charge in [-0.15, -0.1) is 0 Å². The standard InChI is InChI=1S/C14H19NO3S.C3H6N2OS/c1-4-14(5-2)12(13(14)15-19(16)17)10-6-8-11(18-3)9-7-10;1-4-3(7)5-2-6/h6-9,12-13H,4-5H2,1-3H3;2H,1H3,(H2,4,5,6,7). The number of thiocarbonyl (C=S) groups is 1. The van der Waals surface area contributed by atoms with E-state index in [1.807, 2.05) is 24.3 Å². The Hall–Kier alpha value is -2.00. The molecule has 0 aromatic heterocycles. The highest BCUT2D eigenvalue weighted by Crippen LogP contribution is 2.65. The molecule has 1 amide bonds. The fourth-order valence-electron chi connectivity index (χ4n) is 3.29. The van der Waals surface area contributed by atoms with Crippen LogP contribution < -0.4 is 15.4 Å². The molecular weight excluding hydrogens is 374 g/mol. The summed E-state index contributed by atoms with van der Waals surface area (Å²) >= 11 is 4.50. The largest absolute Gasteiger partial charge is 0.497 e. The molecule has 1 aromatic rings. The van der Waals surface area contributed by atoms with Crippen molar-refractivity contribution in [2.24, 2.45) is 9.78 Å². The minimum Gasteiger partial charge on any atom is -0.497 e. The molecule has 2 unspecified atom stereocenters. The third-order valence-corrected chi connectivity index (χ3v) is 5.54. The summed E-state index contributed by atoms with van der Waals surface area (Å²) in [4.78, 5) is 9.54. The van der Waals surface area contributed by atoms with E-state index < -0.39 is 10.5 Å². The van der Waals surface area contributed by atoms with E-state index in [0.717, 1.165) is 24.2 Å². The van der Waals surface area contributed by atoms with E-state index >= 15 is 0 Å². The van der Waals surface area contributed by atoms with Crippen LogP contribution in [-0.4, -0.2) is 40.1 Å². The molecule has 144 valence electrons. The molecule has 9 heteroatoms. The molecule has 0 saturated heterocycles. The lowest BCUT2D eigenvalue weighted by molar-refractivity contribution is -0.108. The van der Waals surface area contributed by atoms with Gasteiger partial charge in [-0.3, -0.25) is 4.79 Å². The maximum atomic E-state index is 10.9. The molecule has 1 saturated carbocycles. The van der Waals surface area contributed by atoms with Crippen LogP contribution in [0.5, 0.6) is 5.75 Å². The molecule has 1 aromatic carbocycles. The highest BCUT2D eigenvalue weighted by atomic mass is 32.2. The van der Waals surface area contributed by atoms with Gasteiger partial charge >= 0.3 is 10.5 Å². The van der Waals surface area contributed by atoms with Gasteiger partial charge in [-0.1, -0.05) is 26.0 Å². The molecule has 1 aliphatic rings. The Bertz CT molecular complexity index is 736. The van der Waals surface area contributed by atoms with Crippen molar-refractivity contribution in [3.63, 3.8) is 0 Å². The van der Waals surface area contributed by atoms with Gasteiger partial charge in [0.2, 0.25) is 6.41 Å². The Morgan fingerprint density at radius 2 is 1.88 bits per heavy atom. The molecule has 2 rings (SSSR count). The molecule has 0 bridgehead atoms. The first-order valence-corrected chi connectivity index (χ1v) is 9.70. The summed E-state index contributed by atoms with van der Waals surface area (Å²) in [5.41, 5.74) is 1.14. The zero-order valence-corrected chi connectivity index (χ0v) is 17.0. The van der Waals surface area contributed by atoms with Gasteiger partial charge in [0.15, 0.2) is 5.11 Å². The van der Waals surface area contributed by atoms with Crippen LogP contribution in [0.25, 0.3) is 0 Å². The number of nitrogens with one attached hydrogen (secondary N) is 2. The summed E-state index contributed by atoms with van der Waals surface area (Å²) in [6.45, 7) is 4.20. The van der Waals surface area contributed by atoms with Gasteiger partial charge in [0.25, 0.3) is 0 Å². The molecule has 0 aliphatic heterocycles. The summed E-state index contributed by atoms with van der Waals surface area (Å²) in [6.07, 6.45) is 2.40. The number of ether oxygens (including phenoxy) is 1. The van der Waals surface area contributed by atoms with E-state index in [1.54, 1.807) is 14.2 Å². The summed E-state index contributed by atoms with van der Waals surface area (Å²) in [5, 5.41) is 5.13. The van der Waals surface area contributed by atoms with E-state index in [1.165, 1.54) is 0 Å². The molecule has 0 heterocycles. The molecule has 26 heavy (non-hydrogen) atoms. The topological polar surface area (TPSA) is 96.9 Å². The number of hydrogen-bond acceptors (Lipinski definition) is 6. The SMILES string of the molecule is CCC1(CC)C(N=S(=O)=O)C1c1ccc(OC)cc1.CNC(=S)NC=O. The Labute approximate surface area is 161 Å². The second-order valence-corrected chi connectivity index (χ2v) is 6.85. The number of rotatable bonds is 6. The molecule has 7 nitrogen and oxygen atoms in total. The Morgan fingerprint density at radius 1 is 1.31 bits per heavy atom. The fraction of sp³-hybridized carbons (Fsp3) is 0.529. The zero-order chi connectivity index (χ0) is 19.7. The Kier molecular flexibility index (Phi) is 8.67. The van der Waals surface area contributed by atoms with Crippen molar-refractivity contribution in [1.82, 2.24) is 10.6 Å². The van der Waals surface area contributed by atoms with Crippen LogP contribution in [0.2, 0.25) is 0 Å². The lowest BCUT2D eigenvalue weighted by atomic mass is 9.93. The molecule has 2 N–H and O–H groups in total. The van der Waals surface area contributed by atoms with Crippen molar-refractivity contribution in [1.29, 1.82) is 0 Å². The Morgan fingerprint density at radius 3 is 2.23 bits per heavy atom. The number of amides is 1. The van der Waals surface area contributed by atoms with Crippen molar-refractivity contribution >= 4 is 34.2 Å². The predicted molar refractivity (Wildman–Crippen MR) is 105 cm³/mol. The van der Waals surface area contributed by atoms with Crippen molar-refractivity contribution in [2.75, 3.05) is 14.2 Å². The second kappa shape index (κ2) is 10.2. The summed E-state index contributed by atoms with van der Waals surface area (Å²) in [5.74, 6) is 1.01. The molecule has 1 aliphatic carbocycles. The van der Waals surface area contributed by atoms with Crippen LogP contribution in [-0.2, 0) is 15.3 Å². The number of carbonyl (C=O) groups excluding carboxylic acids is 1. The Balaban J connectivity index is 0.000000412. The van der Waals surface area contributed by atoms with Gasteiger partial charge in [-0.2, -0.15) is 12.8 Å². The zero-order valence-electron chi connectivity index (χ0n) is 15.4. The van der Waals surface area contributed by atoms with Crippen LogP contribution in [0.1, 0.15) is 38.2 Å². The maximum Gasteiger partial charge on any atom is 0.311 e. The predicted octanol–water partition coefficient (Wildman–Crippen LogP) is 2.27. The van der Waals surface area contributed by atoms with Gasteiger partial charge in [0, 0.05) is 18.4 Å². The van der Waals surface area contributed by atoms with Gasteiger partial charge < -0.3 is 15.4 Å². The number of nitrogens with zero attached hydrogens (tertiary/aromatic N) is 1. The van der Waals surface area contributed by atoms with Crippen LogP contribution in [0.4, 0.5) is 0 Å². The summed E-state index contributed by atoms with van der Waals surface area (Å²) in [7, 11) is 0.937. The first-order valence-electron chi connectivity index (χ1n) is 8.26. The smallest absolute Gasteiger partial charge is 0.311 e. The van der Waals surface area contributed by atoms with E-state index in [9.17, 15) is 13.2 Å². The highest BCUT2D eigenvalue weighted by Gasteiger charge is 2.63. The number of methoxy groups -OCH3 is 1. The van der Waals surface area contributed by atoms with Gasteiger partial charge in [-0.05, 0) is 42.8 Å². The summed E-state index contributed by atoms with van der Waals surface area (Å²) in [6, 6.07) is 7.72.